The molecule has 0 N–H and O–H groups in total. The third-order valence-corrected chi connectivity index (χ3v) is 7.08. The average molecular weight is 490 g/mol. The number of aromatic nitrogens is 1. The number of alkyl halides is 3. The largest absolute Gasteiger partial charge is 0.468 e. The zero-order valence-electron chi connectivity index (χ0n) is 16.7. The number of ether oxygens (including phenoxy) is 1. The molecular formula is C21H19ClF3NO3S2. The predicted molar refractivity (Wildman–Crippen MR) is 119 cm³/mol. The molecule has 166 valence electrons. The molecule has 0 fully saturated rings. The lowest BCUT2D eigenvalue weighted by atomic mass is 10.2. The summed E-state index contributed by atoms with van der Waals surface area (Å²) >= 11 is 8.42. The molecule has 10 heteroatoms. The molecule has 0 aliphatic carbocycles. The molecule has 1 heterocycles. The lowest BCUT2D eigenvalue weighted by Gasteiger charge is -2.14. The fraction of sp³-hybridized carbons (Fsp3) is 0.333. The van der Waals surface area contributed by atoms with Gasteiger partial charge in [-0.15, -0.1) is 11.8 Å². The summed E-state index contributed by atoms with van der Waals surface area (Å²) in [7, 11) is 1.35. The first-order valence-electron chi connectivity index (χ1n) is 9.43. The maximum Gasteiger partial charge on any atom is 0.416 e. The Morgan fingerprint density at radius 1 is 1.26 bits per heavy atom. The Balaban J connectivity index is 1.98. The van der Waals surface area contributed by atoms with E-state index in [1.807, 2.05) is 6.92 Å². The third-order valence-electron chi connectivity index (χ3n) is 4.63. The van der Waals surface area contributed by atoms with E-state index >= 15 is 0 Å². The van der Waals surface area contributed by atoms with Crippen molar-refractivity contribution < 1.29 is 22.7 Å². The topological polar surface area (TPSA) is 48.3 Å². The first-order valence-corrected chi connectivity index (χ1v) is 11.5. The van der Waals surface area contributed by atoms with Crippen LogP contribution >= 0.6 is 34.7 Å². The van der Waals surface area contributed by atoms with Crippen LogP contribution in [0.15, 0.2) is 46.1 Å². The number of carbonyl (C=O) groups excluding carboxylic acids is 1. The van der Waals surface area contributed by atoms with Crippen molar-refractivity contribution >= 4 is 50.9 Å². The van der Waals surface area contributed by atoms with Gasteiger partial charge in [0, 0.05) is 4.90 Å². The number of methoxy groups -OCH3 is 1. The Morgan fingerprint density at radius 2 is 2.00 bits per heavy atom. The second-order valence-corrected chi connectivity index (χ2v) is 9.45. The number of hydrogen-bond acceptors (Lipinski definition) is 5. The Labute approximate surface area is 190 Å². The summed E-state index contributed by atoms with van der Waals surface area (Å²) in [5.41, 5.74) is -0.167. The summed E-state index contributed by atoms with van der Waals surface area (Å²) < 4.78 is 45.6. The molecule has 0 radical (unpaired) electrons. The minimum atomic E-state index is -4.52. The van der Waals surface area contributed by atoms with E-state index < -0.39 is 11.7 Å². The fourth-order valence-corrected chi connectivity index (χ4v) is 5.48. The number of esters is 1. The van der Waals surface area contributed by atoms with Gasteiger partial charge in [-0.25, -0.2) is 0 Å². The van der Waals surface area contributed by atoms with E-state index in [-0.39, 0.29) is 26.8 Å². The summed E-state index contributed by atoms with van der Waals surface area (Å²) in [5, 5.41) is -0.522. The number of hydrogen-bond donors (Lipinski definition) is 0. The highest BCUT2D eigenvalue weighted by Crippen LogP contribution is 2.35. The molecule has 1 unspecified atom stereocenters. The number of benzene rings is 2. The molecule has 0 amide bonds. The molecule has 1 aromatic heterocycles. The Bertz CT molecular complexity index is 1160. The van der Waals surface area contributed by atoms with Crippen LogP contribution in [0, 0.1) is 0 Å². The van der Waals surface area contributed by atoms with E-state index in [2.05, 4.69) is 0 Å². The first kappa shape index (κ1) is 23.7. The number of halogens is 4. The highest BCUT2D eigenvalue weighted by atomic mass is 35.5. The highest BCUT2D eigenvalue weighted by molar-refractivity contribution is 8.00. The quantitative estimate of drug-likeness (QED) is 0.279. The first-order chi connectivity index (χ1) is 14.7. The van der Waals surface area contributed by atoms with E-state index in [4.69, 9.17) is 16.3 Å². The van der Waals surface area contributed by atoms with Crippen LogP contribution in [0.1, 0.15) is 31.7 Å². The van der Waals surface area contributed by atoms with Gasteiger partial charge in [-0.3, -0.25) is 14.2 Å². The monoisotopic (exact) mass is 489 g/mol. The summed E-state index contributed by atoms with van der Waals surface area (Å²) in [6, 6.07) is 8.18. The number of thioether (sulfide) groups is 1. The summed E-state index contributed by atoms with van der Waals surface area (Å²) in [4.78, 5) is 25.1. The molecule has 4 nitrogen and oxygen atoms in total. The van der Waals surface area contributed by atoms with E-state index in [9.17, 15) is 22.8 Å². The standard InChI is InChI=1S/C21H19ClF3NO3S2/c1-3-4-5-17(19(27)29-2)30-13-7-9-16-18(11-13)31-20(28)26(16)15-8-6-12(10-14(15)22)21(23,24)25/h6-11,17H,3-5H2,1-2H3. The average Bonchev–Trinajstić information content (AvgIpc) is 3.04. The van der Waals surface area contributed by atoms with Gasteiger partial charge < -0.3 is 4.74 Å². The van der Waals surface area contributed by atoms with E-state index in [1.54, 1.807) is 18.2 Å². The van der Waals surface area contributed by atoms with E-state index in [1.165, 1.54) is 29.5 Å². The highest BCUT2D eigenvalue weighted by Gasteiger charge is 2.31. The SMILES string of the molecule is CCCCC(Sc1ccc2c(c1)sc(=O)n2-c1ccc(C(F)(F)F)cc1Cl)C(=O)OC. The molecule has 3 aromatic rings. The van der Waals surface area contributed by atoms with Gasteiger partial charge in [-0.2, -0.15) is 13.2 Å². The predicted octanol–water partition coefficient (Wildman–Crippen LogP) is 6.55. The molecule has 0 aliphatic heterocycles. The molecule has 1 atom stereocenters. The Kier molecular flexibility index (Phi) is 7.39. The number of thiazole rings is 1. The molecule has 0 bridgehead atoms. The van der Waals surface area contributed by atoms with E-state index in [0.29, 0.717) is 16.6 Å². The number of carbonyl (C=O) groups is 1. The summed E-state index contributed by atoms with van der Waals surface area (Å²) in [5.74, 6) is -0.305. The van der Waals surface area contributed by atoms with Crippen molar-refractivity contribution in [2.75, 3.05) is 7.11 Å². The molecule has 0 spiro atoms. The van der Waals surface area contributed by atoms with Crippen LogP contribution in [0.25, 0.3) is 15.9 Å². The van der Waals surface area contributed by atoms with Gasteiger partial charge in [0.15, 0.2) is 0 Å². The van der Waals surface area contributed by atoms with Crippen LogP contribution in [-0.2, 0) is 15.7 Å². The van der Waals surface area contributed by atoms with Crippen molar-refractivity contribution in [3.05, 3.63) is 56.7 Å². The van der Waals surface area contributed by atoms with Crippen LogP contribution in [0.4, 0.5) is 13.2 Å². The van der Waals surface area contributed by atoms with Crippen molar-refractivity contribution in [1.29, 1.82) is 0 Å². The number of rotatable bonds is 7. The zero-order chi connectivity index (χ0) is 22.8. The molecule has 3 rings (SSSR count). The molecular weight excluding hydrogens is 471 g/mol. The molecule has 0 aliphatic rings. The minimum absolute atomic E-state index is 0.166. The van der Waals surface area contributed by atoms with Crippen LogP contribution in [0.5, 0.6) is 0 Å². The van der Waals surface area contributed by atoms with Crippen molar-refractivity contribution in [1.82, 2.24) is 4.57 Å². The van der Waals surface area contributed by atoms with Gasteiger partial charge in [0.05, 0.1) is 33.6 Å². The Morgan fingerprint density at radius 3 is 2.61 bits per heavy atom. The zero-order valence-corrected chi connectivity index (χ0v) is 19.1. The maximum absolute atomic E-state index is 12.9. The summed E-state index contributed by atoms with van der Waals surface area (Å²) in [6.45, 7) is 2.04. The van der Waals surface area contributed by atoms with Gasteiger partial charge in [-0.05, 0) is 42.8 Å². The number of nitrogens with zero attached hydrogens (tertiary/aromatic N) is 1. The van der Waals surface area contributed by atoms with Gasteiger partial charge in [0.25, 0.3) is 0 Å². The third kappa shape index (κ3) is 5.27. The van der Waals surface area contributed by atoms with Crippen LogP contribution in [-0.4, -0.2) is 22.9 Å². The van der Waals surface area contributed by atoms with Crippen molar-refractivity contribution in [2.24, 2.45) is 0 Å². The molecule has 0 saturated heterocycles. The maximum atomic E-state index is 12.9. The minimum Gasteiger partial charge on any atom is -0.468 e. The normalized spacial score (nSPS) is 12.8. The lowest BCUT2D eigenvalue weighted by molar-refractivity contribution is -0.140. The smallest absolute Gasteiger partial charge is 0.416 e. The number of fused-ring (bicyclic) bond motifs is 1. The molecule has 31 heavy (non-hydrogen) atoms. The van der Waals surface area contributed by atoms with Gasteiger partial charge in [0.2, 0.25) is 0 Å². The van der Waals surface area contributed by atoms with E-state index in [0.717, 1.165) is 41.2 Å². The van der Waals surface area contributed by atoms with Crippen molar-refractivity contribution in [3.8, 4) is 5.69 Å². The van der Waals surface area contributed by atoms with Gasteiger partial charge in [-0.1, -0.05) is 42.7 Å². The molecule has 0 saturated carbocycles. The summed E-state index contributed by atoms with van der Waals surface area (Å²) in [6.07, 6.45) is -2.02. The number of unbranched alkanes of at least 4 members (excludes halogenated alkanes) is 1. The lowest BCUT2D eigenvalue weighted by Crippen LogP contribution is -2.18. The van der Waals surface area contributed by atoms with Crippen molar-refractivity contribution in [3.63, 3.8) is 0 Å². The Hall–Kier alpha value is -1.97. The van der Waals surface area contributed by atoms with Crippen molar-refractivity contribution in [2.45, 2.75) is 42.5 Å². The van der Waals surface area contributed by atoms with Crippen LogP contribution in [0.2, 0.25) is 5.02 Å². The van der Waals surface area contributed by atoms with Crippen LogP contribution in [0.3, 0.4) is 0 Å². The van der Waals surface area contributed by atoms with Gasteiger partial charge >= 0.3 is 17.0 Å². The fourth-order valence-electron chi connectivity index (χ4n) is 3.08. The second-order valence-electron chi connectivity index (χ2n) is 6.77. The van der Waals surface area contributed by atoms with Gasteiger partial charge in [0.1, 0.15) is 5.25 Å². The van der Waals surface area contributed by atoms with Crippen LogP contribution < -0.4 is 4.87 Å². The second kappa shape index (κ2) is 9.67. The molecule has 2 aromatic carbocycles.